The first-order valence-electron chi connectivity index (χ1n) is 6.14. The fourth-order valence-electron chi connectivity index (χ4n) is 1.82. The molecule has 0 unspecified atom stereocenters. The van der Waals surface area contributed by atoms with Gasteiger partial charge in [0.2, 0.25) is 0 Å². The number of aliphatic imine (C=N–C) groups is 1. The molecular weight excluding hydrogens is 308 g/mol. The van der Waals surface area contributed by atoms with Gasteiger partial charge >= 0.3 is 0 Å². The van der Waals surface area contributed by atoms with E-state index in [1.165, 1.54) is 0 Å². The van der Waals surface area contributed by atoms with Crippen molar-refractivity contribution in [3.63, 3.8) is 0 Å². The Balaban J connectivity index is 1.94. The molecule has 1 fully saturated rings. The number of hydrogen-bond donors (Lipinski definition) is 1. The molecule has 0 spiro atoms. The largest absolute Gasteiger partial charge is 0.300 e. The molecule has 1 aromatic carbocycles. The second-order valence-electron chi connectivity index (χ2n) is 4.41. The lowest BCUT2D eigenvalue weighted by atomic mass is 10.3. The SMILES string of the molecule is Cn1cc(/C=C2\SC(=O)NC2=Nc2ccc(Cl)cc2)cn1. The van der Waals surface area contributed by atoms with Gasteiger partial charge in [0, 0.05) is 23.8 Å². The van der Waals surface area contributed by atoms with Crippen molar-refractivity contribution in [1.29, 1.82) is 0 Å². The van der Waals surface area contributed by atoms with E-state index >= 15 is 0 Å². The molecule has 3 rings (SSSR count). The van der Waals surface area contributed by atoms with Crippen molar-refractivity contribution in [3.8, 4) is 0 Å². The highest BCUT2D eigenvalue weighted by molar-refractivity contribution is 8.18. The van der Waals surface area contributed by atoms with Crippen LogP contribution in [0.3, 0.4) is 0 Å². The Morgan fingerprint density at radius 3 is 2.81 bits per heavy atom. The molecule has 1 aromatic heterocycles. The lowest BCUT2D eigenvalue weighted by Crippen LogP contribution is -2.18. The van der Waals surface area contributed by atoms with Crippen molar-refractivity contribution < 1.29 is 4.79 Å². The highest BCUT2D eigenvalue weighted by atomic mass is 35.5. The van der Waals surface area contributed by atoms with Gasteiger partial charge in [-0.15, -0.1) is 0 Å². The number of rotatable bonds is 2. The normalized spacial score (nSPS) is 18.5. The first kappa shape index (κ1) is 13.9. The Labute approximate surface area is 130 Å². The van der Waals surface area contributed by atoms with Gasteiger partial charge in [-0.1, -0.05) is 11.6 Å². The first-order chi connectivity index (χ1) is 10.1. The smallest absolute Gasteiger partial charge is 0.289 e. The predicted octanol–water partition coefficient (Wildman–Crippen LogP) is 3.60. The summed E-state index contributed by atoms with van der Waals surface area (Å²) in [6.45, 7) is 0. The van der Waals surface area contributed by atoms with E-state index in [0.717, 1.165) is 27.9 Å². The number of carbonyl (C=O) groups excluding carboxylic acids is 1. The Hall–Kier alpha value is -2.05. The minimum atomic E-state index is -0.141. The molecule has 1 aliphatic heterocycles. The Kier molecular flexibility index (Phi) is 3.81. The molecule has 1 saturated heterocycles. The highest BCUT2D eigenvalue weighted by Crippen LogP contribution is 2.28. The topological polar surface area (TPSA) is 59.3 Å². The van der Waals surface area contributed by atoms with Crippen LogP contribution in [0.2, 0.25) is 5.02 Å². The summed E-state index contributed by atoms with van der Waals surface area (Å²) in [6.07, 6.45) is 5.48. The number of thioether (sulfide) groups is 1. The molecule has 0 bridgehead atoms. The summed E-state index contributed by atoms with van der Waals surface area (Å²) in [5.74, 6) is 0.538. The van der Waals surface area contributed by atoms with E-state index in [2.05, 4.69) is 15.4 Å². The molecule has 0 aliphatic carbocycles. The number of benzene rings is 1. The quantitative estimate of drug-likeness (QED) is 0.920. The number of hydrogen-bond acceptors (Lipinski definition) is 4. The van der Waals surface area contributed by atoms with E-state index in [9.17, 15) is 4.79 Å². The van der Waals surface area contributed by atoms with Gasteiger partial charge in [0.05, 0.1) is 16.8 Å². The minimum absolute atomic E-state index is 0.141. The van der Waals surface area contributed by atoms with Gasteiger partial charge in [-0.2, -0.15) is 5.10 Å². The van der Waals surface area contributed by atoms with Crippen LogP contribution >= 0.6 is 23.4 Å². The predicted molar refractivity (Wildman–Crippen MR) is 85.9 cm³/mol. The van der Waals surface area contributed by atoms with Gasteiger partial charge in [-0.25, -0.2) is 4.99 Å². The molecule has 1 amide bonds. The van der Waals surface area contributed by atoms with E-state index in [0.29, 0.717) is 10.9 Å². The number of nitrogens with zero attached hydrogens (tertiary/aromatic N) is 3. The molecule has 106 valence electrons. The van der Waals surface area contributed by atoms with E-state index in [1.54, 1.807) is 35.1 Å². The summed E-state index contributed by atoms with van der Waals surface area (Å²) in [5, 5.41) is 7.35. The molecule has 0 atom stereocenters. The molecule has 1 aliphatic rings. The maximum absolute atomic E-state index is 11.6. The number of aryl methyl sites for hydroxylation is 1. The lowest BCUT2D eigenvalue weighted by Gasteiger charge is -1.99. The molecule has 0 radical (unpaired) electrons. The zero-order chi connectivity index (χ0) is 14.8. The summed E-state index contributed by atoms with van der Waals surface area (Å²) in [4.78, 5) is 16.8. The van der Waals surface area contributed by atoms with Gasteiger partial charge in [0.15, 0.2) is 0 Å². The summed E-state index contributed by atoms with van der Waals surface area (Å²) in [7, 11) is 1.84. The van der Waals surface area contributed by atoms with Crippen molar-refractivity contribution in [1.82, 2.24) is 15.1 Å². The average Bonchev–Trinajstić information content (AvgIpc) is 2.99. The van der Waals surface area contributed by atoms with Crippen LogP contribution in [0.15, 0.2) is 46.6 Å². The van der Waals surface area contributed by atoms with Gasteiger partial charge in [0.25, 0.3) is 5.24 Å². The van der Waals surface area contributed by atoms with Crippen molar-refractivity contribution in [2.45, 2.75) is 0 Å². The monoisotopic (exact) mass is 318 g/mol. The van der Waals surface area contributed by atoms with E-state index in [-0.39, 0.29) is 5.24 Å². The molecule has 5 nitrogen and oxygen atoms in total. The van der Waals surface area contributed by atoms with Crippen LogP contribution < -0.4 is 5.32 Å². The zero-order valence-corrected chi connectivity index (χ0v) is 12.6. The van der Waals surface area contributed by atoms with Crippen LogP contribution in [0, 0.1) is 0 Å². The third kappa shape index (κ3) is 3.34. The van der Waals surface area contributed by atoms with Crippen LogP contribution in [-0.4, -0.2) is 20.9 Å². The second kappa shape index (κ2) is 5.75. The van der Waals surface area contributed by atoms with Crippen LogP contribution in [0.5, 0.6) is 0 Å². The Morgan fingerprint density at radius 2 is 2.14 bits per heavy atom. The molecule has 21 heavy (non-hydrogen) atoms. The van der Waals surface area contributed by atoms with Crippen molar-refractivity contribution in [3.05, 3.63) is 52.2 Å². The minimum Gasteiger partial charge on any atom is -0.300 e. The number of amides is 1. The van der Waals surface area contributed by atoms with E-state index < -0.39 is 0 Å². The fraction of sp³-hybridized carbons (Fsp3) is 0.0714. The van der Waals surface area contributed by atoms with Crippen molar-refractivity contribution in [2.75, 3.05) is 0 Å². The molecule has 7 heteroatoms. The van der Waals surface area contributed by atoms with Crippen LogP contribution in [0.1, 0.15) is 5.56 Å². The Morgan fingerprint density at radius 1 is 1.38 bits per heavy atom. The zero-order valence-electron chi connectivity index (χ0n) is 11.1. The van der Waals surface area contributed by atoms with Crippen LogP contribution in [0.4, 0.5) is 10.5 Å². The molecular formula is C14H11ClN4OS. The molecule has 1 N–H and O–H groups in total. The standard InChI is InChI=1S/C14H11ClN4OS/c1-19-8-9(7-16-19)6-12-13(18-14(20)21-12)17-11-4-2-10(15)3-5-11/h2-8H,1H3,(H,17,18,20)/b12-6-. The molecule has 2 aromatic rings. The average molecular weight is 319 g/mol. The highest BCUT2D eigenvalue weighted by Gasteiger charge is 2.23. The summed E-state index contributed by atoms with van der Waals surface area (Å²) < 4.78 is 1.71. The number of halogens is 1. The molecule has 0 saturated carbocycles. The number of nitrogens with one attached hydrogen (secondary N) is 1. The van der Waals surface area contributed by atoms with E-state index in [4.69, 9.17) is 11.6 Å². The fourth-order valence-corrected chi connectivity index (χ4v) is 2.69. The Bertz CT molecular complexity index is 749. The maximum atomic E-state index is 11.6. The second-order valence-corrected chi connectivity index (χ2v) is 5.86. The van der Waals surface area contributed by atoms with Gasteiger partial charge in [0.1, 0.15) is 5.84 Å². The van der Waals surface area contributed by atoms with Gasteiger partial charge < -0.3 is 5.32 Å². The lowest BCUT2D eigenvalue weighted by molar-refractivity contribution is 0.265. The number of carbonyl (C=O) groups is 1. The van der Waals surface area contributed by atoms with Gasteiger partial charge in [-0.3, -0.25) is 9.48 Å². The van der Waals surface area contributed by atoms with Crippen LogP contribution in [-0.2, 0) is 7.05 Å². The summed E-state index contributed by atoms with van der Waals surface area (Å²) in [6, 6.07) is 7.11. The summed E-state index contributed by atoms with van der Waals surface area (Å²) >= 11 is 6.96. The number of aromatic nitrogens is 2. The molecule has 2 heterocycles. The maximum Gasteiger partial charge on any atom is 0.289 e. The van der Waals surface area contributed by atoms with Crippen LogP contribution in [0.25, 0.3) is 6.08 Å². The van der Waals surface area contributed by atoms with Gasteiger partial charge in [-0.05, 0) is 42.1 Å². The third-order valence-corrected chi connectivity index (χ3v) is 3.82. The van der Waals surface area contributed by atoms with Crippen molar-refractivity contribution >= 4 is 46.2 Å². The third-order valence-electron chi connectivity index (χ3n) is 2.75. The van der Waals surface area contributed by atoms with Crippen molar-refractivity contribution in [2.24, 2.45) is 12.0 Å². The number of amidine groups is 1. The first-order valence-corrected chi connectivity index (χ1v) is 7.33. The van der Waals surface area contributed by atoms with E-state index in [1.807, 2.05) is 19.3 Å². The summed E-state index contributed by atoms with van der Waals surface area (Å²) in [5.41, 5.74) is 1.65.